The van der Waals surface area contributed by atoms with E-state index in [1.54, 1.807) is 0 Å². The molecule has 1 unspecified atom stereocenters. The van der Waals surface area contributed by atoms with Gasteiger partial charge in [0.1, 0.15) is 0 Å². The van der Waals surface area contributed by atoms with Crippen LogP contribution in [0, 0.1) is 0 Å². The predicted molar refractivity (Wildman–Crippen MR) is 38.4 cm³/mol. The smallest absolute Gasteiger partial charge is 0.0754 e. The molecule has 0 aromatic heterocycles. The Balaban J connectivity index is 2.15. The van der Waals surface area contributed by atoms with Gasteiger partial charge in [-0.3, -0.25) is 4.90 Å². The Morgan fingerprint density at radius 3 is 3.20 bits per heavy atom. The number of rotatable bonds is 0. The van der Waals surface area contributed by atoms with Gasteiger partial charge < -0.3 is 5.21 Å². The van der Waals surface area contributed by atoms with E-state index in [4.69, 9.17) is 5.21 Å². The molecule has 0 amide bonds. The number of fused-ring (bicyclic) bond motifs is 1. The lowest BCUT2D eigenvalue weighted by Crippen LogP contribution is -2.25. The lowest BCUT2D eigenvalue weighted by molar-refractivity contribution is 0.310. The molecule has 0 saturated carbocycles. The van der Waals surface area contributed by atoms with Crippen molar-refractivity contribution in [3.8, 4) is 0 Å². The van der Waals surface area contributed by atoms with Crippen LogP contribution in [0.25, 0.3) is 0 Å². The minimum Gasteiger partial charge on any atom is -0.411 e. The van der Waals surface area contributed by atoms with E-state index in [2.05, 4.69) is 10.1 Å². The van der Waals surface area contributed by atoms with Gasteiger partial charge in [0, 0.05) is 13.0 Å². The Kier molecular flexibility index (Phi) is 1.38. The fourth-order valence-corrected chi connectivity index (χ4v) is 2.01. The second-order valence-electron chi connectivity index (χ2n) is 3.04. The molecule has 1 N–H and O–H groups in total. The van der Waals surface area contributed by atoms with Gasteiger partial charge in [-0.25, -0.2) is 0 Å². The molecule has 56 valence electrons. The van der Waals surface area contributed by atoms with Crippen LogP contribution in [0.4, 0.5) is 0 Å². The van der Waals surface area contributed by atoms with Gasteiger partial charge in [0.2, 0.25) is 0 Å². The molecule has 1 atom stereocenters. The maximum atomic E-state index is 8.57. The van der Waals surface area contributed by atoms with Crippen molar-refractivity contribution in [1.82, 2.24) is 4.90 Å². The molecule has 2 rings (SSSR count). The van der Waals surface area contributed by atoms with Crippen LogP contribution in [-0.2, 0) is 0 Å². The Morgan fingerprint density at radius 2 is 2.40 bits per heavy atom. The van der Waals surface area contributed by atoms with Gasteiger partial charge in [-0.15, -0.1) is 0 Å². The molecule has 0 aromatic rings. The highest BCUT2D eigenvalue weighted by Crippen LogP contribution is 2.25. The first-order valence-corrected chi connectivity index (χ1v) is 3.86. The van der Waals surface area contributed by atoms with Gasteiger partial charge in [-0.1, -0.05) is 5.16 Å². The monoisotopic (exact) mass is 140 g/mol. The van der Waals surface area contributed by atoms with Crippen LogP contribution in [0.1, 0.15) is 19.3 Å². The number of nitrogens with zero attached hydrogens (tertiary/aromatic N) is 2. The van der Waals surface area contributed by atoms with E-state index < -0.39 is 0 Å². The second kappa shape index (κ2) is 2.23. The summed E-state index contributed by atoms with van der Waals surface area (Å²) in [6.45, 7) is 2.30. The van der Waals surface area contributed by atoms with Crippen molar-refractivity contribution < 1.29 is 5.21 Å². The van der Waals surface area contributed by atoms with Crippen molar-refractivity contribution in [2.24, 2.45) is 5.16 Å². The molecule has 2 aliphatic heterocycles. The highest BCUT2D eigenvalue weighted by molar-refractivity contribution is 5.91. The third-order valence-corrected chi connectivity index (χ3v) is 2.53. The summed E-state index contributed by atoms with van der Waals surface area (Å²) < 4.78 is 0. The van der Waals surface area contributed by atoms with Gasteiger partial charge in [0.15, 0.2) is 0 Å². The SMILES string of the molecule is ON=C1CCN2CCCC12. The maximum absolute atomic E-state index is 8.57. The molecule has 0 radical (unpaired) electrons. The molecular weight excluding hydrogens is 128 g/mol. The van der Waals surface area contributed by atoms with Crippen LogP contribution in [-0.4, -0.2) is 35.0 Å². The van der Waals surface area contributed by atoms with E-state index in [1.807, 2.05) is 0 Å². The molecule has 0 aliphatic carbocycles. The van der Waals surface area contributed by atoms with Crippen LogP contribution in [0.5, 0.6) is 0 Å². The van der Waals surface area contributed by atoms with Crippen molar-refractivity contribution in [1.29, 1.82) is 0 Å². The van der Waals surface area contributed by atoms with Crippen LogP contribution in [0.3, 0.4) is 0 Å². The van der Waals surface area contributed by atoms with Gasteiger partial charge in [-0.05, 0) is 19.4 Å². The van der Waals surface area contributed by atoms with Crippen molar-refractivity contribution in [2.45, 2.75) is 25.3 Å². The fraction of sp³-hybridized carbons (Fsp3) is 0.857. The lowest BCUT2D eigenvalue weighted by atomic mass is 10.1. The van der Waals surface area contributed by atoms with Crippen LogP contribution in [0.2, 0.25) is 0 Å². The summed E-state index contributed by atoms with van der Waals surface area (Å²) in [6.07, 6.45) is 3.43. The van der Waals surface area contributed by atoms with Crippen LogP contribution >= 0.6 is 0 Å². The largest absolute Gasteiger partial charge is 0.411 e. The average Bonchev–Trinajstić information content (AvgIpc) is 2.44. The Bertz CT molecular complexity index is 167. The van der Waals surface area contributed by atoms with Gasteiger partial charge in [-0.2, -0.15) is 0 Å². The van der Waals surface area contributed by atoms with E-state index >= 15 is 0 Å². The average molecular weight is 140 g/mol. The highest BCUT2D eigenvalue weighted by atomic mass is 16.4. The third-order valence-electron chi connectivity index (χ3n) is 2.53. The second-order valence-corrected chi connectivity index (χ2v) is 3.04. The molecule has 0 aromatic carbocycles. The Labute approximate surface area is 60.3 Å². The van der Waals surface area contributed by atoms with Crippen molar-refractivity contribution in [3.63, 3.8) is 0 Å². The van der Waals surface area contributed by atoms with Crippen molar-refractivity contribution >= 4 is 5.71 Å². The summed E-state index contributed by atoms with van der Waals surface area (Å²) in [5.41, 5.74) is 0.998. The van der Waals surface area contributed by atoms with Crippen LogP contribution in [0.15, 0.2) is 5.16 Å². The Morgan fingerprint density at radius 1 is 1.50 bits per heavy atom. The summed E-state index contributed by atoms with van der Waals surface area (Å²) in [4.78, 5) is 2.40. The normalized spacial score (nSPS) is 37.2. The predicted octanol–water partition coefficient (Wildman–Crippen LogP) is 0.685. The lowest BCUT2D eigenvalue weighted by Gasteiger charge is -2.11. The topological polar surface area (TPSA) is 35.8 Å². The molecule has 0 bridgehead atoms. The summed E-state index contributed by atoms with van der Waals surface area (Å²) in [7, 11) is 0. The first-order chi connectivity index (χ1) is 4.92. The summed E-state index contributed by atoms with van der Waals surface area (Å²) >= 11 is 0. The van der Waals surface area contributed by atoms with Crippen molar-refractivity contribution in [3.05, 3.63) is 0 Å². The molecule has 2 aliphatic rings. The van der Waals surface area contributed by atoms with Crippen LogP contribution < -0.4 is 0 Å². The summed E-state index contributed by atoms with van der Waals surface area (Å²) in [5, 5.41) is 11.9. The number of hydrogen-bond donors (Lipinski definition) is 1. The van der Waals surface area contributed by atoms with Gasteiger partial charge in [0.05, 0.1) is 11.8 Å². The highest BCUT2D eigenvalue weighted by Gasteiger charge is 2.34. The molecule has 3 nitrogen and oxygen atoms in total. The van der Waals surface area contributed by atoms with Gasteiger partial charge >= 0.3 is 0 Å². The minimum absolute atomic E-state index is 0.491. The fourth-order valence-electron chi connectivity index (χ4n) is 2.01. The zero-order chi connectivity index (χ0) is 6.97. The standard InChI is InChI=1S/C7H12N2O/c10-8-6-3-5-9-4-1-2-7(6)9/h7,10H,1-5H2. The molecule has 2 fully saturated rings. The molecular formula is C7H12N2O. The zero-order valence-corrected chi connectivity index (χ0v) is 5.95. The van der Waals surface area contributed by atoms with E-state index in [1.165, 1.54) is 19.4 Å². The first-order valence-electron chi connectivity index (χ1n) is 3.86. The zero-order valence-electron chi connectivity index (χ0n) is 5.95. The number of oxime groups is 1. The summed E-state index contributed by atoms with van der Waals surface area (Å²) in [6, 6.07) is 0.491. The molecule has 2 heterocycles. The first kappa shape index (κ1) is 6.16. The van der Waals surface area contributed by atoms with E-state index in [9.17, 15) is 0 Å². The number of hydrogen-bond acceptors (Lipinski definition) is 3. The molecule has 2 saturated heterocycles. The van der Waals surface area contributed by atoms with Gasteiger partial charge in [0.25, 0.3) is 0 Å². The van der Waals surface area contributed by atoms with E-state index in [0.717, 1.165) is 18.7 Å². The maximum Gasteiger partial charge on any atom is 0.0754 e. The summed E-state index contributed by atoms with van der Waals surface area (Å²) in [5.74, 6) is 0. The van der Waals surface area contributed by atoms with Crippen molar-refractivity contribution in [2.75, 3.05) is 13.1 Å². The minimum atomic E-state index is 0.491. The van der Waals surface area contributed by atoms with E-state index in [0.29, 0.717) is 6.04 Å². The molecule has 0 spiro atoms. The molecule has 3 heteroatoms. The quantitative estimate of drug-likeness (QED) is 0.397. The van der Waals surface area contributed by atoms with E-state index in [-0.39, 0.29) is 0 Å². The molecule has 10 heavy (non-hydrogen) atoms. The Hall–Kier alpha value is -0.570. The third kappa shape index (κ3) is 0.736.